The van der Waals surface area contributed by atoms with Crippen molar-refractivity contribution in [3.63, 3.8) is 0 Å². The summed E-state index contributed by atoms with van der Waals surface area (Å²) in [6, 6.07) is 11.3. The number of nitrogens with zero attached hydrogens (tertiary/aromatic N) is 3. The SMILES string of the molecule is COc1ccc(CN2CCN(C(=O)c3cc4cc([N+](=O)[O-])ccc4s3)CC2)cc1F. The van der Waals surface area contributed by atoms with Gasteiger partial charge in [0.1, 0.15) is 0 Å². The second-order valence-corrected chi connectivity index (χ2v) is 8.21. The van der Waals surface area contributed by atoms with Crippen LogP contribution in [0.5, 0.6) is 5.75 Å². The van der Waals surface area contributed by atoms with Gasteiger partial charge < -0.3 is 9.64 Å². The third-order valence-corrected chi connectivity index (χ3v) is 6.31. The van der Waals surface area contributed by atoms with E-state index in [2.05, 4.69) is 4.90 Å². The van der Waals surface area contributed by atoms with Gasteiger partial charge in [-0.1, -0.05) is 6.07 Å². The summed E-state index contributed by atoms with van der Waals surface area (Å²) < 4.78 is 19.7. The number of fused-ring (bicyclic) bond motifs is 1. The number of rotatable bonds is 5. The Morgan fingerprint density at radius 2 is 1.93 bits per heavy atom. The molecule has 30 heavy (non-hydrogen) atoms. The number of hydrogen-bond acceptors (Lipinski definition) is 6. The zero-order valence-electron chi connectivity index (χ0n) is 16.3. The number of benzene rings is 2. The van der Waals surface area contributed by atoms with Crippen molar-refractivity contribution in [3.05, 3.63) is 68.8 Å². The van der Waals surface area contributed by atoms with Crippen LogP contribution in [0.4, 0.5) is 10.1 Å². The fourth-order valence-corrected chi connectivity index (χ4v) is 4.59. The molecule has 7 nitrogen and oxygen atoms in total. The number of carbonyl (C=O) groups is 1. The number of nitro groups is 1. The van der Waals surface area contributed by atoms with Gasteiger partial charge in [0.15, 0.2) is 11.6 Å². The first-order valence-corrected chi connectivity index (χ1v) is 10.3. The molecule has 9 heteroatoms. The molecule has 1 aliphatic rings. The summed E-state index contributed by atoms with van der Waals surface area (Å²) in [5.41, 5.74) is 0.877. The number of thiophene rings is 1. The number of halogens is 1. The second-order valence-electron chi connectivity index (χ2n) is 7.13. The molecule has 1 aromatic heterocycles. The maximum Gasteiger partial charge on any atom is 0.270 e. The smallest absolute Gasteiger partial charge is 0.270 e. The van der Waals surface area contributed by atoms with Crippen LogP contribution in [-0.4, -0.2) is 53.9 Å². The summed E-state index contributed by atoms with van der Waals surface area (Å²) in [5, 5.41) is 11.7. The minimum Gasteiger partial charge on any atom is -0.494 e. The summed E-state index contributed by atoms with van der Waals surface area (Å²) in [5.74, 6) is -0.217. The van der Waals surface area contributed by atoms with Gasteiger partial charge in [0, 0.05) is 54.9 Å². The zero-order valence-corrected chi connectivity index (χ0v) is 17.2. The van der Waals surface area contributed by atoms with Gasteiger partial charge in [0.2, 0.25) is 0 Å². The minimum atomic E-state index is -0.438. The van der Waals surface area contributed by atoms with E-state index >= 15 is 0 Å². The molecule has 2 heterocycles. The summed E-state index contributed by atoms with van der Waals surface area (Å²) in [4.78, 5) is 28.0. The van der Waals surface area contributed by atoms with Crippen LogP contribution in [0.1, 0.15) is 15.2 Å². The second kappa shape index (κ2) is 8.37. The van der Waals surface area contributed by atoms with Crippen molar-refractivity contribution < 1.29 is 18.8 Å². The Balaban J connectivity index is 1.39. The standard InChI is InChI=1S/C21H20FN3O4S/c1-29-18-4-2-14(10-17(18)22)13-23-6-8-24(9-7-23)21(26)20-12-15-11-16(25(27)28)3-5-19(15)30-20/h2-5,10-12H,6-9,13H2,1H3. The Labute approximate surface area is 176 Å². The maximum absolute atomic E-state index is 13.9. The van der Waals surface area contributed by atoms with Crippen molar-refractivity contribution in [2.45, 2.75) is 6.54 Å². The molecular weight excluding hydrogens is 409 g/mol. The highest BCUT2D eigenvalue weighted by molar-refractivity contribution is 7.20. The summed E-state index contributed by atoms with van der Waals surface area (Å²) in [7, 11) is 1.44. The van der Waals surface area contributed by atoms with Crippen LogP contribution >= 0.6 is 11.3 Å². The Morgan fingerprint density at radius 3 is 2.60 bits per heavy atom. The molecule has 0 aliphatic carbocycles. The molecule has 156 valence electrons. The van der Waals surface area contributed by atoms with E-state index in [-0.39, 0.29) is 23.2 Å². The number of nitro benzene ring substituents is 1. The fourth-order valence-electron chi connectivity index (χ4n) is 3.58. The topological polar surface area (TPSA) is 75.9 Å². The molecule has 4 rings (SSSR count). The molecule has 0 bridgehead atoms. The van der Waals surface area contributed by atoms with Crippen LogP contribution in [0, 0.1) is 15.9 Å². The van der Waals surface area contributed by atoms with Crippen LogP contribution in [0.2, 0.25) is 0 Å². The Morgan fingerprint density at radius 1 is 1.17 bits per heavy atom. The molecule has 1 aliphatic heterocycles. The lowest BCUT2D eigenvalue weighted by Gasteiger charge is -2.34. The summed E-state index contributed by atoms with van der Waals surface area (Å²) in [6.45, 7) is 3.14. The zero-order chi connectivity index (χ0) is 21.3. The van der Waals surface area contributed by atoms with Crippen molar-refractivity contribution in [2.75, 3.05) is 33.3 Å². The molecule has 0 saturated carbocycles. The quantitative estimate of drug-likeness (QED) is 0.454. The third kappa shape index (κ3) is 4.12. The Kier molecular flexibility index (Phi) is 5.65. The number of piperazine rings is 1. The van der Waals surface area contributed by atoms with Gasteiger partial charge in [-0.15, -0.1) is 11.3 Å². The monoisotopic (exact) mass is 429 g/mol. The van der Waals surface area contributed by atoms with E-state index in [9.17, 15) is 19.3 Å². The van der Waals surface area contributed by atoms with Gasteiger partial charge in [0.05, 0.1) is 16.9 Å². The number of methoxy groups -OCH3 is 1. The van der Waals surface area contributed by atoms with Crippen LogP contribution in [0.25, 0.3) is 10.1 Å². The van der Waals surface area contributed by atoms with Gasteiger partial charge in [-0.25, -0.2) is 4.39 Å². The van der Waals surface area contributed by atoms with Crippen LogP contribution in [-0.2, 0) is 6.54 Å². The van der Waals surface area contributed by atoms with Crippen molar-refractivity contribution in [1.82, 2.24) is 9.80 Å². The van der Waals surface area contributed by atoms with Gasteiger partial charge in [-0.2, -0.15) is 0 Å². The highest BCUT2D eigenvalue weighted by atomic mass is 32.1. The van der Waals surface area contributed by atoms with Crippen LogP contribution in [0.3, 0.4) is 0 Å². The van der Waals surface area contributed by atoms with E-state index < -0.39 is 4.92 Å². The lowest BCUT2D eigenvalue weighted by molar-refractivity contribution is -0.384. The highest BCUT2D eigenvalue weighted by Gasteiger charge is 2.24. The summed E-state index contributed by atoms with van der Waals surface area (Å²) >= 11 is 1.35. The molecule has 1 fully saturated rings. The van der Waals surface area contributed by atoms with E-state index in [0.717, 1.165) is 10.3 Å². The number of amides is 1. The average Bonchev–Trinajstić information content (AvgIpc) is 3.17. The van der Waals surface area contributed by atoms with Crippen molar-refractivity contribution in [2.24, 2.45) is 0 Å². The maximum atomic E-state index is 13.9. The third-order valence-electron chi connectivity index (χ3n) is 5.20. The van der Waals surface area contributed by atoms with Crippen molar-refractivity contribution >= 4 is 33.0 Å². The van der Waals surface area contributed by atoms with Gasteiger partial charge in [-0.3, -0.25) is 19.8 Å². The van der Waals surface area contributed by atoms with Crippen LogP contribution < -0.4 is 4.74 Å². The number of hydrogen-bond donors (Lipinski definition) is 0. The molecule has 0 radical (unpaired) electrons. The normalized spacial score (nSPS) is 14.8. The number of non-ortho nitro benzene ring substituents is 1. The Hall–Kier alpha value is -3.04. The molecular formula is C21H20FN3O4S. The van der Waals surface area contributed by atoms with E-state index in [4.69, 9.17) is 4.74 Å². The minimum absolute atomic E-state index is 0.0166. The first-order chi connectivity index (χ1) is 14.4. The van der Waals surface area contributed by atoms with Gasteiger partial charge in [-0.05, 0) is 29.8 Å². The largest absolute Gasteiger partial charge is 0.494 e. The molecule has 1 saturated heterocycles. The fraction of sp³-hybridized carbons (Fsp3) is 0.286. The lowest BCUT2D eigenvalue weighted by atomic mass is 10.1. The van der Waals surface area contributed by atoms with E-state index in [1.807, 2.05) is 6.07 Å². The van der Waals surface area contributed by atoms with E-state index in [1.165, 1.54) is 36.6 Å². The average molecular weight is 429 g/mol. The molecule has 2 aromatic carbocycles. The first-order valence-electron chi connectivity index (χ1n) is 9.46. The van der Waals surface area contributed by atoms with Crippen molar-refractivity contribution in [1.29, 1.82) is 0 Å². The molecule has 1 amide bonds. The summed E-state index contributed by atoms with van der Waals surface area (Å²) in [6.07, 6.45) is 0. The first kappa shape index (κ1) is 20.2. The van der Waals surface area contributed by atoms with Crippen molar-refractivity contribution in [3.8, 4) is 5.75 Å². The van der Waals surface area contributed by atoms with Gasteiger partial charge >= 0.3 is 0 Å². The van der Waals surface area contributed by atoms with E-state index in [0.29, 0.717) is 43.0 Å². The van der Waals surface area contributed by atoms with Crippen LogP contribution in [0.15, 0.2) is 42.5 Å². The molecule has 0 unspecified atom stereocenters. The lowest BCUT2D eigenvalue weighted by Crippen LogP contribution is -2.48. The predicted octanol–water partition coefficient (Wildman–Crippen LogP) is 3.92. The molecule has 0 N–H and O–H groups in total. The number of carbonyl (C=O) groups excluding carboxylic acids is 1. The molecule has 0 spiro atoms. The Bertz CT molecular complexity index is 1110. The molecule has 3 aromatic rings. The molecule has 0 atom stereocenters. The van der Waals surface area contributed by atoms with Gasteiger partial charge in [0.25, 0.3) is 11.6 Å². The predicted molar refractivity (Wildman–Crippen MR) is 113 cm³/mol. The number of ether oxygens (including phenoxy) is 1. The van der Waals surface area contributed by atoms with E-state index in [1.54, 1.807) is 23.1 Å². The highest BCUT2D eigenvalue weighted by Crippen LogP contribution is 2.30.